The van der Waals surface area contributed by atoms with Gasteiger partial charge in [-0.15, -0.1) is 0 Å². The molecule has 2 rings (SSSR count). The van der Waals surface area contributed by atoms with Crippen LogP contribution in [-0.4, -0.2) is 48.3 Å². The van der Waals surface area contributed by atoms with Crippen LogP contribution in [0, 0.1) is 5.92 Å². The van der Waals surface area contributed by atoms with E-state index in [1.165, 1.54) is 45.3 Å². The Labute approximate surface area is 92.8 Å². The third-order valence-corrected chi connectivity index (χ3v) is 3.46. The third kappa shape index (κ3) is 4.09. The van der Waals surface area contributed by atoms with E-state index in [9.17, 15) is 5.11 Å². The Kier molecular flexibility index (Phi) is 4.00. The average Bonchev–Trinajstić information content (AvgIpc) is 2.88. The van der Waals surface area contributed by atoms with Crippen LogP contribution >= 0.6 is 0 Å². The highest BCUT2D eigenvalue weighted by Gasteiger charge is 2.24. The summed E-state index contributed by atoms with van der Waals surface area (Å²) in [5.74, 6) is 0.856. The maximum absolute atomic E-state index is 9.30. The third-order valence-electron chi connectivity index (χ3n) is 3.46. The summed E-state index contributed by atoms with van der Waals surface area (Å²) in [7, 11) is 0. The molecule has 2 aliphatic rings. The predicted octanol–water partition coefficient (Wildman–Crippen LogP) is 0.831. The topological polar surface area (TPSA) is 35.5 Å². The number of nitrogens with one attached hydrogen (secondary N) is 1. The van der Waals surface area contributed by atoms with Crippen LogP contribution in [0.3, 0.4) is 0 Å². The van der Waals surface area contributed by atoms with Crippen molar-refractivity contribution in [1.82, 2.24) is 10.2 Å². The van der Waals surface area contributed by atoms with Gasteiger partial charge in [-0.3, -0.25) is 0 Å². The normalized spacial score (nSPS) is 29.6. The summed E-state index contributed by atoms with van der Waals surface area (Å²) in [6, 6.07) is 0.847. The fourth-order valence-corrected chi connectivity index (χ4v) is 2.47. The second-order valence-electron chi connectivity index (χ2n) is 5.28. The van der Waals surface area contributed by atoms with Gasteiger partial charge in [-0.2, -0.15) is 0 Å². The summed E-state index contributed by atoms with van der Waals surface area (Å²) in [6.07, 6.45) is 5.23. The van der Waals surface area contributed by atoms with Gasteiger partial charge in [0.15, 0.2) is 0 Å². The van der Waals surface area contributed by atoms with Crippen LogP contribution in [0.15, 0.2) is 0 Å². The van der Waals surface area contributed by atoms with Gasteiger partial charge in [-0.25, -0.2) is 0 Å². The summed E-state index contributed by atoms with van der Waals surface area (Å²) >= 11 is 0. The zero-order chi connectivity index (χ0) is 10.7. The molecule has 0 aromatic heterocycles. The molecule has 0 aromatic rings. The molecule has 2 unspecified atom stereocenters. The van der Waals surface area contributed by atoms with Crippen molar-refractivity contribution in [3.8, 4) is 0 Å². The van der Waals surface area contributed by atoms with E-state index in [0.717, 1.165) is 18.5 Å². The van der Waals surface area contributed by atoms with Crippen molar-refractivity contribution >= 4 is 0 Å². The molecular weight excluding hydrogens is 188 g/mol. The number of nitrogens with zero attached hydrogens (tertiary/aromatic N) is 1. The summed E-state index contributed by atoms with van der Waals surface area (Å²) in [5, 5.41) is 12.9. The van der Waals surface area contributed by atoms with E-state index in [4.69, 9.17) is 0 Å². The fraction of sp³-hybridized carbons (Fsp3) is 1.00. The van der Waals surface area contributed by atoms with Crippen molar-refractivity contribution < 1.29 is 5.11 Å². The van der Waals surface area contributed by atoms with Gasteiger partial charge in [-0.1, -0.05) is 0 Å². The minimum atomic E-state index is -0.173. The minimum absolute atomic E-state index is 0.173. The average molecular weight is 212 g/mol. The molecule has 88 valence electrons. The molecule has 0 spiro atoms. The van der Waals surface area contributed by atoms with Crippen LogP contribution in [0.2, 0.25) is 0 Å². The van der Waals surface area contributed by atoms with E-state index in [-0.39, 0.29) is 6.10 Å². The molecule has 1 heterocycles. The molecule has 2 N–H and O–H groups in total. The lowest BCUT2D eigenvalue weighted by Gasteiger charge is -2.17. The van der Waals surface area contributed by atoms with E-state index >= 15 is 0 Å². The standard InChI is InChI=1S/C12H24N2O/c1-10(15)8-14-7-5-11(9-14)4-6-13-12-2-3-12/h10-13,15H,2-9H2,1H3. The van der Waals surface area contributed by atoms with Crippen LogP contribution in [0.25, 0.3) is 0 Å². The van der Waals surface area contributed by atoms with Crippen molar-refractivity contribution in [2.75, 3.05) is 26.2 Å². The molecule has 1 saturated heterocycles. The van der Waals surface area contributed by atoms with Crippen LogP contribution in [0.4, 0.5) is 0 Å². The Hall–Kier alpha value is -0.120. The molecule has 3 nitrogen and oxygen atoms in total. The van der Waals surface area contributed by atoms with Crippen molar-refractivity contribution in [1.29, 1.82) is 0 Å². The first-order chi connectivity index (χ1) is 7.24. The molecule has 1 aliphatic carbocycles. The largest absolute Gasteiger partial charge is 0.392 e. The first-order valence-electron chi connectivity index (χ1n) is 6.38. The van der Waals surface area contributed by atoms with Gasteiger partial charge in [0.2, 0.25) is 0 Å². The van der Waals surface area contributed by atoms with Crippen LogP contribution in [-0.2, 0) is 0 Å². The lowest BCUT2D eigenvalue weighted by molar-refractivity contribution is 0.138. The van der Waals surface area contributed by atoms with Crippen LogP contribution in [0.1, 0.15) is 32.6 Å². The van der Waals surface area contributed by atoms with Crippen molar-refractivity contribution in [2.45, 2.75) is 44.8 Å². The highest BCUT2D eigenvalue weighted by Crippen LogP contribution is 2.21. The maximum atomic E-state index is 9.30. The number of hydrogen-bond donors (Lipinski definition) is 2. The second-order valence-corrected chi connectivity index (χ2v) is 5.28. The Bertz CT molecular complexity index is 192. The molecule has 2 atom stereocenters. The van der Waals surface area contributed by atoms with Crippen molar-refractivity contribution in [3.63, 3.8) is 0 Å². The Morgan fingerprint density at radius 3 is 2.87 bits per heavy atom. The van der Waals surface area contributed by atoms with E-state index in [1.54, 1.807) is 0 Å². The number of aliphatic hydroxyl groups is 1. The Morgan fingerprint density at radius 2 is 2.20 bits per heavy atom. The maximum Gasteiger partial charge on any atom is 0.0639 e. The molecule has 0 aromatic carbocycles. The zero-order valence-corrected chi connectivity index (χ0v) is 9.78. The number of hydrogen-bond acceptors (Lipinski definition) is 3. The van der Waals surface area contributed by atoms with Gasteiger partial charge >= 0.3 is 0 Å². The molecule has 0 bridgehead atoms. The summed E-state index contributed by atoms with van der Waals surface area (Å²) in [4.78, 5) is 2.40. The number of β-amino-alcohol motifs (C(OH)–C–C–N with tert-alkyl or cyclic N) is 1. The predicted molar refractivity (Wildman–Crippen MR) is 61.9 cm³/mol. The van der Waals surface area contributed by atoms with E-state index in [2.05, 4.69) is 10.2 Å². The number of rotatable bonds is 6. The molecule has 15 heavy (non-hydrogen) atoms. The smallest absolute Gasteiger partial charge is 0.0639 e. The van der Waals surface area contributed by atoms with Crippen LogP contribution in [0.5, 0.6) is 0 Å². The molecule has 1 aliphatic heterocycles. The van der Waals surface area contributed by atoms with Crippen LogP contribution < -0.4 is 5.32 Å². The Morgan fingerprint density at radius 1 is 1.40 bits per heavy atom. The highest BCUT2D eigenvalue weighted by molar-refractivity contribution is 4.82. The molecule has 0 radical (unpaired) electrons. The summed E-state index contributed by atoms with van der Waals surface area (Å²) in [6.45, 7) is 6.29. The van der Waals surface area contributed by atoms with Gasteiger partial charge < -0.3 is 15.3 Å². The molecule has 3 heteroatoms. The zero-order valence-electron chi connectivity index (χ0n) is 9.78. The number of aliphatic hydroxyl groups excluding tert-OH is 1. The second kappa shape index (κ2) is 5.28. The minimum Gasteiger partial charge on any atom is -0.392 e. The molecule has 0 amide bonds. The Balaban J connectivity index is 1.55. The fourth-order valence-electron chi connectivity index (χ4n) is 2.47. The SMILES string of the molecule is CC(O)CN1CCC(CCNC2CC2)C1. The monoisotopic (exact) mass is 212 g/mol. The van der Waals surface area contributed by atoms with E-state index < -0.39 is 0 Å². The lowest BCUT2D eigenvalue weighted by atomic mass is 10.1. The highest BCUT2D eigenvalue weighted by atomic mass is 16.3. The molecule has 2 fully saturated rings. The molecule has 1 saturated carbocycles. The number of likely N-dealkylation sites (tertiary alicyclic amines) is 1. The van der Waals surface area contributed by atoms with Gasteiger partial charge in [0.05, 0.1) is 6.10 Å². The van der Waals surface area contributed by atoms with Gasteiger partial charge in [0.25, 0.3) is 0 Å². The van der Waals surface area contributed by atoms with Crippen molar-refractivity contribution in [3.05, 3.63) is 0 Å². The van der Waals surface area contributed by atoms with Gasteiger partial charge in [-0.05, 0) is 51.6 Å². The van der Waals surface area contributed by atoms with Crippen molar-refractivity contribution in [2.24, 2.45) is 5.92 Å². The van der Waals surface area contributed by atoms with Gasteiger partial charge in [0.1, 0.15) is 0 Å². The van der Waals surface area contributed by atoms with E-state index in [0.29, 0.717) is 0 Å². The quantitative estimate of drug-likeness (QED) is 0.684. The summed E-state index contributed by atoms with van der Waals surface area (Å²) in [5.41, 5.74) is 0. The van der Waals surface area contributed by atoms with E-state index in [1.807, 2.05) is 6.92 Å². The molecular formula is C12H24N2O. The summed E-state index contributed by atoms with van der Waals surface area (Å²) < 4.78 is 0. The first kappa shape index (κ1) is 11.4. The first-order valence-corrected chi connectivity index (χ1v) is 6.38. The van der Waals surface area contributed by atoms with Gasteiger partial charge in [0, 0.05) is 19.1 Å². The lowest BCUT2D eigenvalue weighted by Crippen LogP contribution is -2.29.